The maximum absolute atomic E-state index is 11.0. The molecule has 0 bridgehead atoms. The fourth-order valence-corrected chi connectivity index (χ4v) is 1.71. The molecule has 1 atom stereocenters. The van der Waals surface area contributed by atoms with E-state index in [1.54, 1.807) is 6.33 Å². The molecule has 1 aromatic heterocycles. The van der Waals surface area contributed by atoms with Crippen molar-refractivity contribution in [2.45, 2.75) is 25.8 Å². The van der Waals surface area contributed by atoms with Crippen LogP contribution < -0.4 is 11.5 Å². The van der Waals surface area contributed by atoms with Gasteiger partial charge in [0.05, 0.1) is 17.9 Å². The van der Waals surface area contributed by atoms with E-state index in [1.807, 2.05) is 10.8 Å². The van der Waals surface area contributed by atoms with Gasteiger partial charge in [-0.05, 0) is 19.4 Å². The van der Waals surface area contributed by atoms with Gasteiger partial charge >= 0.3 is 5.97 Å². The highest BCUT2D eigenvalue weighted by atomic mass is 16.4. The first-order valence-corrected chi connectivity index (χ1v) is 5.81. The Hall–Kier alpha value is -1.40. The van der Waals surface area contributed by atoms with Crippen molar-refractivity contribution in [1.82, 2.24) is 9.55 Å². The minimum absolute atomic E-state index is 0.403. The topological polar surface area (TPSA) is 107 Å². The molecule has 0 amide bonds. The summed E-state index contributed by atoms with van der Waals surface area (Å²) in [4.78, 5) is 15.2. The van der Waals surface area contributed by atoms with Gasteiger partial charge in [0.2, 0.25) is 0 Å². The minimum Gasteiger partial charge on any atom is -0.481 e. The van der Waals surface area contributed by atoms with E-state index in [1.165, 1.54) is 0 Å². The lowest BCUT2D eigenvalue weighted by molar-refractivity contribution is -0.142. The third-order valence-electron chi connectivity index (χ3n) is 2.64. The molecule has 0 saturated carbocycles. The molecule has 0 aromatic carbocycles. The van der Waals surface area contributed by atoms with E-state index in [9.17, 15) is 4.79 Å². The van der Waals surface area contributed by atoms with E-state index >= 15 is 0 Å². The molecule has 1 heterocycles. The summed E-state index contributed by atoms with van der Waals surface area (Å²) in [7, 11) is 0. The van der Waals surface area contributed by atoms with Gasteiger partial charge in [0, 0.05) is 25.7 Å². The van der Waals surface area contributed by atoms with Crippen molar-refractivity contribution in [2.75, 3.05) is 13.1 Å². The molecule has 0 spiro atoms. The Kier molecular flexibility index (Phi) is 5.65. The summed E-state index contributed by atoms with van der Waals surface area (Å²) in [6.45, 7) is 1.77. The zero-order valence-electron chi connectivity index (χ0n) is 9.88. The van der Waals surface area contributed by atoms with Crippen LogP contribution in [0.5, 0.6) is 0 Å². The van der Waals surface area contributed by atoms with Gasteiger partial charge in [0.15, 0.2) is 0 Å². The second-order valence-corrected chi connectivity index (χ2v) is 4.06. The Morgan fingerprint density at radius 3 is 2.82 bits per heavy atom. The van der Waals surface area contributed by atoms with Crippen molar-refractivity contribution in [3.05, 3.63) is 18.2 Å². The smallest absolute Gasteiger partial charge is 0.306 e. The van der Waals surface area contributed by atoms with Crippen LogP contribution in [0.25, 0.3) is 0 Å². The van der Waals surface area contributed by atoms with Gasteiger partial charge < -0.3 is 21.1 Å². The van der Waals surface area contributed by atoms with Crippen molar-refractivity contribution < 1.29 is 9.90 Å². The number of hydrogen-bond donors (Lipinski definition) is 3. The fourth-order valence-electron chi connectivity index (χ4n) is 1.71. The number of carboxylic acids is 1. The molecule has 96 valence electrons. The molecule has 0 aliphatic rings. The summed E-state index contributed by atoms with van der Waals surface area (Å²) in [6, 6.07) is 0. The molecule has 5 N–H and O–H groups in total. The number of nitrogens with two attached hydrogens (primary N) is 2. The van der Waals surface area contributed by atoms with Crippen LogP contribution in [-0.2, 0) is 17.8 Å². The van der Waals surface area contributed by atoms with Crippen molar-refractivity contribution in [3.8, 4) is 0 Å². The van der Waals surface area contributed by atoms with Crippen molar-refractivity contribution in [2.24, 2.45) is 17.4 Å². The second kappa shape index (κ2) is 7.03. The zero-order valence-corrected chi connectivity index (χ0v) is 9.88. The van der Waals surface area contributed by atoms with Crippen LogP contribution in [0.1, 0.15) is 18.5 Å². The first kappa shape index (κ1) is 13.7. The number of carbonyl (C=O) groups is 1. The number of imidazole rings is 1. The average Bonchev–Trinajstić information content (AvgIpc) is 2.72. The van der Waals surface area contributed by atoms with Gasteiger partial charge in [-0.1, -0.05) is 0 Å². The van der Waals surface area contributed by atoms with E-state index in [2.05, 4.69) is 4.98 Å². The standard InChI is InChI=1S/C11H20N4O2/c12-3-1-2-9(11(16)17)6-10-7-15(5-4-13)8-14-10/h7-9H,1-6,12-13H2,(H,16,17)/t9-/m0/s1. The van der Waals surface area contributed by atoms with Gasteiger partial charge in [-0.25, -0.2) is 4.98 Å². The third-order valence-corrected chi connectivity index (χ3v) is 2.64. The molecule has 0 aliphatic carbocycles. The highest BCUT2D eigenvalue weighted by Crippen LogP contribution is 2.13. The van der Waals surface area contributed by atoms with E-state index in [-0.39, 0.29) is 0 Å². The summed E-state index contributed by atoms with van der Waals surface area (Å²) in [5, 5.41) is 9.08. The molecule has 6 nitrogen and oxygen atoms in total. The molecule has 0 aliphatic heterocycles. The second-order valence-electron chi connectivity index (χ2n) is 4.06. The van der Waals surface area contributed by atoms with Crippen LogP contribution >= 0.6 is 0 Å². The van der Waals surface area contributed by atoms with E-state index in [4.69, 9.17) is 16.6 Å². The van der Waals surface area contributed by atoms with Crippen LogP contribution in [0.4, 0.5) is 0 Å². The molecule has 17 heavy (non-hydrogen) atoms. The van der Waals surface area contributed by atoms with Gasteiger partial charge in [0.25, 0.3) is 0 Å². The largest absolute Gasteiger partial charge is 0.481 e. The molecule has 0 saturated heterocycles. The maximum Gasteiger partial charge on any atom is 0.306 e. The Balaban J connectivity index is 2.55. The molecule has 1 aromatic rings. The predicted octanol–water partition coefficient (Wildman–Crippen LogP) is -0.176. The first-order chi connectivity index (χ1) is 8.17. The third kappa shape index (κ3) is 4.54. The molecule has 1 rings (SSSR count). The van der Waals surface area contributed by atoms with Crippen LogP contribution in [0.3, 0.4) is 0 Å². The molecule has 0 unspecified atom stereocenters. The summed E-state index contributed by atoms with van der Waals surface area (Å²) in [6.07, 6.45) is 5.30. The number of rotatable bonds is 8. The van der Waals surface area contributed by atoms with Crippen molar-refractivity contribution in [3.63, 3.8) is 0 Å². The highest BCUT2D eigenvalue weighted by molar-refractivity contribution is 5.70. The summed E-state index contributed by atoms with van der Waals surface area (Å²) >= 11 is 0. The SMILES string of the molecule is NCCC[C@@H](Cc1cn(CCN)cn1)C(=O)O. The summed E-state index contributed by atoms with van der Waals surface area (Å²) in [5.41, 5.74) is 11.6. The Morgan fingerprint density at radius 1 is 1.47 bits per heavy atom. The van der Waals surface area contributed by atoms with E-state index in [0.717, 1.165) is 12.1 Å². The Morgan fingerprint density at radius 2 is 2.24 bits per heavy atom. The molecular formula is C11H20N4O2. The fraction of sp³-hybridized carbons (Fsp3) is 0.636. The summed E-state index contributed by atoms with van der Waals surface area (Å²) < 4.78 is 1.87. The van der Waals surface area contributed by atoms with Crippen LogP contribution in [0.15, 0.2) is 12.5 Å². The van der Waals surface area contributed by atoms with Crippen molar-refractivity contribution in [1.29, 1.82) is 0 Å². The quantitative estimate of drug-likeness (QED) is 0.584. The molecule has 0 fully saturated rings. The number of carboxylic acid groups (broad SMARTS) is 1. The zero-order chi connectivity index (χ0) is 12.7. The highest BCUT2D eigenvalue weighted by Gasteiger charge is 2.18. The molecular weight excluding hydrogens is 220 g/mol. The van der Waals surface area contributed by atoms with Crippen LogP contribution in [0.2, 0.25) is 0 Å². The normalized spacial score (nSPS) is 12.6. The Labute approximate surface area is 101 Å². The van der Waals surface area contributed by atoms with Crippen LogP contribution in [0, 0.1) is 5.92 Å². The Bertz CT molecular complexity index is 351. The van der Waals surface area contributed by atoms with Crippen LogP contribution in [-0.4, -0.2) is 33.7 Å². The monoisotopic (exact) mass is 240 g/mol. The van der Waals surface area contributed by atoms with Gasteiger partial charge in [0.1, 0.15) is 0 Å². The lowest BCUT2D eigenvalue weighted by atomic mass is 9.98. The maximum atomic E-state index is 11.0. The molecule has 6 heteroatoms. The molecule has 0 radical (unpaired) electrons. The van der Waals surface area contributed by atoms with E-state index < -0.39 is 11.9 Å². The lowest BCUT2D eigenvalue weighted by Crippen LogP contribution is -2.18. The van der Waals surface area contributed by atoms with E-state index in [0.29, 0.717) is 32.5 Å². The van der Waals surface area contributed by atoms with Gasteiger partial charge in [-0.2, -0.15) is 0 Å². The first-order valence-electron chi connectivity index (χ1n) is 5.81. The average molecular weight is 240 g/mol. The predicted molar refractivity (Wildman–Crippen MR) is 64.4 cm³/mol. The minimum atomic E-state index is -0.785. The lowest BCUT2D eigenvalue weighted by Gasteiger charge is -2.09. The van der Waals surface area contributed by atoms with Crippen molar-refractivity contribution >= 4 is 5.97 Å². The number of aromatic nitrogens is 2. The number of hydrogen-bond acceptors (Lipinski definition) is 4. The number of nitrogens with zero attached hydrogens (tertiary/aromatic N) is 2. The van der Waals surface area contributed by atoms with Gasteiger partial charge in [-0.15, -0.1) is 0 Å². The summed E-state index contributed by atoms with van der Waals surface area (Å²) in [5.74, 6) is -1.19. The van der Waals surface area contributed by atoms with Gasteiger partial charge in [-0.3, -0.25) is 4.79 Å². The number of aliphatic carboxylic acids is 1.